The molecule has 0 aromatic heterocycles. The molecule has 0 bridgehead atoms. The van der Waals surface area contributed by atoms with Crippen LogP contribution in [0.4, 0.5) is 0 Å². The molecule has 0 atom stereocenters. The zero-order valence-corrected chi connectivity index (χ0v) is 12.1. The lowest BCUT2D eigenvalue weighted by Crippen LogP contribution is -2.31. The normalized spacial score (nSPS) is 24.2. The summed E-state index contributed by atoms with van der Waals surface area (Å²) in [4.78, 5) is 11.9. The standard InChI is InChI=1S/C15H30N2O/c1-3-12(4-2)11-17-15(18)9-13-5-7-14(10-16)8-6-13/h12-14H,3-11,16H2,1-2H3,(H,17,18). The van der Waals surface area contributed by atoms with Crippen molar-refractivity contribution in [3.63, 3.8) is 0 Å². The molecule has 3 heteroatoms. The third-order valence-corrected chi connectivity index (χ3v) is 4.52. The Kier molecular flexibility index (Phi) is 7.33. The molecular formula is C15H30N2O. The van der Waals surface area contributed by atoms with Crippen molar-refractivity contribution in [3.05, 3.63) is 0 Å². The van der Waals surface area contributed by atoms with Gasteiger partial charge in [-0.1, -0.05) is 26.7 Å². The SMILES string of the molecule is CCC(CC)CNC(=O)CC1CCC(CN)CC1. The zero-order chi connectivity index (χ0) is 13.4. The lowest BCUT2D eigenvalue weighted by atomic mass is 9.80. The van der Waals surface area contributed by atoms with Crippen molar-refractivity contribution in [2.45, 2.75) is 58.8 Å². The van der Waals surface area contributed by atoms with Gasteiger partial charge in [0.25, 0.3) is 0 Å². The van der Waals surface area contributed by atoms with Crippen LogP contribution in [-0.4, -0.2) is 19.0 Å². The fourth-order valence-corrected chi connectivity index (χ4v) is 2.84. The molecule has 1 saturated carbocycles. The smallest absolute Gasteiger partial charge is 0.220 e. The zero-order valence-electron chi connectivity index (χ0n) is 12.1. The van der Waals surface area contributed by atoms with E-state index in [0.29, 0.717) is 17.8 Å². The van der Waals surface area contributed by atoms with Crippen LogP contribution in [0.25, 0.3) is 0 Å². The first kappa shape index (κ1) is 15.5. The number of amides is 1. The maximum atomic E-state index is 11.9. The highest BCUT2D eigenvalue weighted by Crippen LogP contribution is 2.30. The Morgan fingerprint density at radius 1 is 1.17 bits per heavy atom. The van der Waals surface area contributed by atoms with Crippen LogP contribution in [0.3, 0.4) is 0 Å². The van der Waals surface area contributed by atoms with E-state index in [2.05, 4.69) is 19.2 Å². The van der Waals surface area contributed by atoms with Crippen molar-refractivity contribution < 1.29 is 4.79 Å². The van der Waals surface area contributed by atoms with Crippen LogP contribution in [-0.2, 0) is 4.79 Å². The van der Waals surface area contributed by atoms with E-state index < -0.39 is 0 Å². The van der Waals surface area contributed by atoms with Crippen LogP contribution < -0.4 is 11.1 Å². The third-order valence-electron chi connectivity index (χ3n) is 4.52. The molecule has 106 valence electrons. The lowest BCUT2D eigenvalue weighted by Gasteiger charge is -2.27. The summed E-state index contributed by atoms with van der Waals surface area (Å²) in [6.07, 6.45) is 7.80. The lowest BCUT2D eigenvalue weighted by molar-refractivity contribution is -0.122. The molecule has 0 radical (unpaired) electrons. The molecule has 18 heavy (non-hydrogen) atoms. The number of hydrogen-bond donors (Lipinski definition) is 2. The van der Waals surface area contributed by atoms with Gasteiger partial charge in [0.2, 0.25) is 5.91 Å². The molecule has 0 heterocycles. The van der Waals surface area contributed by atoms with Crippen LogP contribution in [0.5, 0.6) is 0 Å². The van der Waals surface area contributed by atoms with E-state index in [1.807, 2.05) is 0 Å². The molecule has 0 unspecified atom stereocenters. The van der Waals surface area contributed by atoms with Crippen LogP contribution in [0.1, 0.15) is 58.8 Å². The van der Waals surface area contributed by atoms with Crippen LogP contribution >= 0.6 is 0 Å². The fraction of sp³-hybridized carbons (Fsp3) is 0.933. The Morgan fingerprint density at radius 3 is 2.22 bits per heavy atom. The maximum absolute atomic E-state index is 11.9. The monoisotopic (exact) mass is 254 g/mol. The van der Waals surface area contributed by atoms with E-state index in [1.165, 1.54) is 25.7 Å². The highest BCUT2D eigenvalue weighted by molar-refractivity contribution is 5.76. The molecule has 1 rings (SSSR count). The molecule has 0 saturated heterocycles. The second kappa shape index (κ2) is 8.52. The van der Waals surface area contributed by atoms with Crippen LogP contribution in [0, 0.1) is 17.8 Å². The summed E-state index contributed by atoms with van der Waals surface area (Å²) in [6, 6.07) is 0. The molecule has 0 aliphatic heterocycles. The minimum atomic E-state index is 0.248. The first-order chi connectivity index (χ1) is 8.69. The summed E-state index contributed by atoms with van der Waals surface area (Å²) in [5.41, 5.74) is 5.68. The topological polar surface area (TPSA) is 55.1 Å². The van der Waals surface area contributed by atoms with Gasteiger partial charge in [0.05, 0.1) is 0 Å². The second-order valence-electron chi connectivity index (χ2n) is 5.81. The molecule has 1 aliphatic carbocycles. The van der Waals surface area contributed by atoms with Gasteiger partial charge < -0.3 is 11.1 Å². The number of nitrogens with two attached hydrogens (primary N) is 1. The Labute approximate surface area is 112 Å². The maximum Gasteiger partial charge on any atom is 0.220 e. The molecule has 0 aromatic rings. The van der Waals surface area contributed by atoms with Crippen molar-refractivity contribution in [3.8, 4) is 0 Å². The highest BCUT2D eigenvalue weighted by Gasteiger charge is 2.22. The molecular weight excluding hydrogens is 224 g/mol. The first-order valence-electron chi connectivity index (χ1n) is 7.66. The largest absolute Gasteiger partial charge is 0.356 e. The van der Waals surface area contributed by atoms with Gasteiger partial charge in [0.1, 0.15) is 0 Å². The molecule has 3 nitrogen and oxygen atoms in total. The van der Waals surface area contributed by atoms with Crippen LogP contribution in [0.15, 0.2) is 0 Å². The summed E-state index contributed by atoms with van der Waals surface area (Å²) in [6.45, 7) is 6.04. The van der Waals surface area contributed by atoms with Gasteiger partial charge in [-0.15, -0.1) is 0 Å². The van der Waals surface area contributed by atoms with Crippen molar-refractivity contribution in [2.75, 3.05) is 13.1 Å². The van der Waals surface area contributed by atoms with E-state index >= 15 is 0 Å². The Bertz CT molecular complexity index is 231. The highest BCUT2D eigenvalue weighted by atomic mass is 16.1. The van der Waals surface area contributed by atoms with E-state index in [0.717, 1.165) is 32.4 Å². The number of nitrogens with one attached hydrogen (secondary N) is 1. The minimum absolute atomic E-state index is 0.248. The predicted octanol–water partition coefficient (Wildman–Crippen LogP) is 2.69. The van der Waals surface area contributed by atoms with Gasteiger partial charge >= 0.3 is 0 Å². The Morgan fingerprint density at radius 2 is 1.72 bits per heavy atom. The average Bonchev–Trinajstić information content (AvgIpc) is 2.41. The summed E-state index contributed by atoms with van der Waals surface area (Å²) >= 11 is 0. The van der Waals surface area contributed by atoms with Gasteiger partial charge in [0, 0.05) is 13.0 Å². The van der Waals surface area contributed by atoms with Crippen molar-refractivity contribution >= 4 is 5.91 Å². The van der Waals surface area contributed by atoms with Gasteiger partial charge in [-0.05, 0) is 50.0 Å². The van der Waals surface area contributed by atoms with Crippen molar-refractivity contribution in [1.29, 1.82) is 0 Å². The fourth-order valence-electron chi connectivity index (χ4n) is 2.84. The third kappa shape index (κ3) is 5.38. The summed E-state index contributed by atoms with van der Waals surface area (Å²) in [5.74, 6) is 2.18. The Balaban J connectivity index is 2.17. The summed E-state index contributed by atoms with van der Waals surface area (Å²) < 4.78 is 0. The van der Waals surface area contributed by atoms with Crippen molar-refractivity contribution in [1.82, 2.24) is 5.32 Å². The van der Waals surface area contributed by atoms with E-state index in [9.17, 15) is 4.79 Å². The van der Waals surface area contributed by atoms with Crippen LogP contribution in [0.2, 0.25) is 0 Å². The minimum Gasteiger partial charge on any atom is -0.356 e. The number of hydrogen-bond acceptors (Lipinski definition) is 2. The summed E-state index contributed by atoms with van der Waals surface area (Å²) in [5, 5.41) is 3.09. The second-order valence-corrected chi connectivity index (χ2v) is 5.81. The Hall–Kier alpha value is -0.570. The van der Waals surface area contributed by atoms with Gasteiger partial charge in [-0.3, -0.25) is 4.79 Å². The number of carbonyl (C=O) groups excluding carboxylic acids is 1. The van der Waals surface area contributed by atoms with E-state index in [1.54, 1.807) is 0 Å². The molecule has 0 aromatic carbocycles. The quantitative estimate of drug-likeness (QED) is 0.734. The van der Waals surface area contributed by atoms with Gasteiger partial charge in [0.15, 0.2) is 0 Å². The van der Waals surface area contributed by atoms with E-state index in [4.69, 9.17) is 5.73 Å². The summed E-state index contributed by atoms with van der Waals surface area (Å²) in [7, 11) is 0. The average molecular weight is 254 g/mol. The van der Waals surface area contributed by atoms with Gasteiger partial charge in [-0.2, -0.15) is 0 Å². The van der Waals surface area contributed by atoms with Gasteiger partial charge in [-0.25, -0.2) is 0 Å². The predicted molar refractivity (Wildman–Crippen MR) is 76.2 cm³/mol. The molecule has 1 aliphatic rings. The number of carbonyl (C=O) groups is 1. The molecule has 1 amide bonds. The molecule has 0 spiro atoms. The molecule has 1 fully saturated rings. The molecule has 3 N–H and O–H groups in total. The van der Waals surface area contributed by atoms with E-state index in [-0.39, 0.29) is 5.91 Å². The van der Waals surface area contributed by atoms with Crippen molar-refractivity contribution in [2.24, 2.45) is 23.5 Å². The number of rotatable bonds is 7. The first-order valence-corrected chi connectivity index (χ1v) is 7.66.